The average molecular weight is 881 g/mol. The van der Waals surface area contributed by atoms with E-state index in [1.807, 2.05) is 14.2 Å². The number of hydrogen-bond donors (Lipinski definition) is 2. The van der Waals surface area contributed by atoms with Crippen molar-refractivity contribution in [1.29, 1.82) is 0 Å². The molecular formula is C56H84N2O6. The van der Waals surface area contributed by atoms with E-state index in [0.717, 1.165) is 61.7 Å². The van der Waals surface area contributed by atoms with Gasteiger partial charge in [0.2, 0.25) is 0 Å². The lowest BCUT2D eigenvalue weighted by Gasteiger charge is -2.59. The van der Waals surface area contributed by atoms with Gasteiger partial charge in [-0.3, -0.25) is 0 Å². The summed E-state index contributed by atoms with van der Waals surface area (Å²) in [6, 6.07) is 5.08. The molecule has 2 spiro atoms. The van der Waals surface area contributed by atoms with Crippen molar-refractivity contribution in [3.05, 3.63) is 34.4 Å². The van der Waals surface area contributed by atoms with Crippen molar-refractivity contribution in [2.24, 2.45) is 58.2 Å². The molecule has 2 aromatic rings. The zero-order valence-electron chi connectivity index (χ0n) is 42.1. The predicted molar refractivity (Wildman–Crippen MR) is 256 cm³/mol. The smallest absolute Gasteiger partial charge is 0.166 e. The molecule has 2 unspecified atom stereocenters. The number of aromatic hydroxyl groups is 2. The SMILES string of the molecule is CO[C@@H]1[C@@H]([C@@H](C)C(C)(C)C)CC2[C@@H](C)N(CC3CC3)CC[C@@]23c2c(C)cc(-c4cc(C)c5c(c4O)O[C@H]4[C@H](OC)[C@@H]([C@@H](C)C(C)(C)C)CC6[C@@H](C)N(CC7CC7)CC[C@@]564)c(O)c2O[C@@H]13. The fraction of sp³-hybridized carbons (Fsp3) is 0.786. The minimum atomic E-state index is -0.284. The molecule has 8 nitrogen and oxygen atoms in total. The van der Waals surface area contributed by atoms with Crippen LogP contribution >= 0.6 is 0 Å². The maximum absolute atomic E-state index is 12.8. The van der Waals surface area contributed by atoms with Crippen LogP contribution in [0.15, 0.2) is 12.1 Å². The molecule has 2 N–H and O–H groups in total. The standard InChI is InChI=1S/C56H84N2O6/c1-29-23-39(45(59)49-43(29)55-19-21-57(27-35-15-16-35)33(5)41(55)25-37(31(3)53(7,8)9)47(61-13)51(55)63-49)40-24-30(2)44-50(46(40)60)64-52-48(62-14)38(32(4)54(10,11)12)26-42-34(6)58(28-36-17-18-36)22-20-56(42,44)52/h23-24,31-38,41-42,47-48,51-52,59-60H,15-22,25-28H2,1-14H3/t31-,32-,33-,34-,37-,38-,41?,42?,47-,48-,51+,52+,55+,56+/m1/s1. The Labute approximate surface area is 386 Å². The van der Waals surface area contributed by atoms with E-state index in [-0.39, 0.29) is 57.6 Å². The molecule has 0 aromatic heterocycles. The summed E-state index contributed by atoms with van der Waals surface area (Å²) in [5.41, 5.74) is 5.44. The Bertz CT molecular complexity index is 1980. The number of ether oxygens (including phenoxy) is 4. The molecule has 0 bridgehead atoms. The summed E-state index contributed by atoms with van der Waals surface area (Å²) in [7, 11) is 3.75. The van der Waals surface area contributed by atoms with E-state index in [1.165, 1.54) is 49.9 Å². The fourth-order valence-corrected chi connectivity index (χ4v) is 15.7. The summed E-state index contributed by atoms with van der Waals surface area (Å²) < 4.78 is 27.9. The Kier molecular flexibility index (Phi) is 11.0. The highest BCUT2D eigenvalue weighted by molar-refractivity contribution is 5.85. The van der Waals surface area contributed by atoms with E-state index in [9.17, 15) is 10.2 Å². The summed E-state index contributed by atoms with van der Waals surface area (Å²) in [6.45, 7) is 32.8. The van der Waals surface area contributed by atoms with Crippen LogP contribution in [0.1, 0.15) is 143 Å². The van der Waals surface area contributed by atoms with E-state index < -0.39 is 0 Å². The highest BCUT2D eigenvalue weighted by Gasteiger charge is 2.68. The minimum absolute atomic E-state index is 0.104. The van der Waals surface area contributed by atoms with Gasteiger partial charge in [0.05, 0.1) is 12.2 Å². The summed E-state index contributed by atoms with van der Waals surface area (Å²) >= 11 is 0. The number of phenolic OH excluding ortho intramolecular Hbond substituents is 2. The van der Waals surface area contributed by atoms with Crippen molar-refractivity contribution in [3.8, 4) is 34.1 Å². The van der Waals surface area contributed by atoms with Gasteiger partial charge in [-0.15, -0.1) is 0 Å². The monoisotopic (exact) mass is 881 g/mol. The van der Waals surface area contributed by atoms with Gasteiger partial charge in [0, 0.05) is 72.5 Å². The Morgan fingerprint density at radius 3 is 1.33 bits per heavy atom. The van der Waals surface area contributed by atoms with Gasteiger partial charge in [0.25, 0.3) is 0 Å². The minimum Gasteiger partial charge on any atom is -0.504 e. The van der Waals surface area contributed by atoms with Crippen LogP contribution in [0.5, 0.6) is 23.0 Å². The molecular weight excluding hydrogens is 797 g/mol. The quantitative estimate of drug-likeness (QED) is 0.258. The fourth-order valence-electron chi connectivity index (χ4n) is 15.7. The van der Waals surface area contributed by atoms with E-state index in [0.29, 0.717) is 70.2 Å². The number of rotatable bonds is 9. The number of aryl methyl sites for hydroxylation is 2. The molecule has 8 aliphatic rings. The van der Waals surface area contributed by atoms with Gasteiger partial charge in [0.15, 0.2) is 23.0 Å². The van der Waals surface area contributed by atoms with Crippen LogP contribution in [0.25, 0.3) is 11.1 Å². The summed E-state index contributed by atoms with van der Waals surface area (Å²) in [5.74, 6) is 5.25. The Morgan fingerprint density at radius 1 is 0.656 bits per heavy atom. The lowest BCUT2D eigenvalue weighted by atomic mass is 9.50. The third kappa shape index (κ3) is 6.61. The van der Waals surface area contributed by atoms with Gasteiger partial charge >= 0.3 is 0 Å². The first-order valence-electron chi connectivity index (χ1n) is 25.8. The normalized spacial score (nSPS) is 38.2. The van der Waals surface area contributed by atoms with Gasteiger partial charge in [-0.25, -0.2) is 0 Å². The summed E-state index contributed by atoms with van der Waals surface area (Å²) in [6.07, 6.45) is 8.85. The number of fused-ring (bicyclic) bond motifs is 2. The second-order valence-corrected chi connectivity index (χ2v) is 25.3. The van der Waals surface area contributed by atoms with Crippen molar-refractivity contribution >= 4 is 0 Å². The van der Waals surface area contributed by atoms with Crippen LogP contribution in [0.4, 0.5) is 0 Å². The summed E-state index contributed by atoms with van der Waals surface area (Å²) in [4.78, 5) is 5.56. The molecule has 354 valence electrons. The van der Waals surface area contributed by atoms with Crippen molar-refractivity contribution in [2.75, 3.05) is 40.4 Å². The highest BCUT2D eigenvalue weighted by atomic mass is 16.6. The number of phenols is 2. The van der Waals surface area contributed by atoms with Crippen LogP contribution in [0, 0.1) is 72.0 Å². The molecule has 10 rings (SSSR count). The van der Waals surface area contributed by atoms with Crippen LogP contribution < -0.4 is 9.47 Å². The molecule has 4 aliphatic carbocycles. The second-order valence-electron chi connectivity index (χ2n) is 25.3. The Hall–Kier alpha value is -2.52. The first-order valence-corrected chi connectivity index (χ1v) is 25.8. The summed E-state index contributed by atoms with van der Waals surface area (Å²) in [5, 5.41) is 25.7. The molecule has 14 atom stereocenters. The molecule has 4 saturated carbocycles. The van der Waals surface area contributed by atoms with E-state index in [2.05, 4.69) is 105 Å². The number of hydrogen-bond acceptors (Lipinski definition) is 8. The largest absolute Gasteiger partial charge is 0.504 e. The van der Waals surface area contributed by atoms with Crippen molar-refractivity contribution < 1.29 is 29.2 Å². The molecule has 0 amide bonds. The van der Waals surface area contributed by atoms with Gasteiger partial charge in [0.1, 0.15) is 12.2 Å². The maximum Gasteiger partial charge on any atom is 0.166 e. The molecule has 0 radical (unpaired) electrons. The van der Waals surface area contributed by atoms with E-state index in [4.69, 9.17) is 18.9 Å². The van der Waals surface area contributed by atoms with Gasteiger partial charge in [-0.05, 0) is 174 Å². The predicted octanol–water partition coefficient (Wildman–Crippen LogP) is 11.1. The van der Waals surface area contributed by atoms with Crippen molar-refractivity contribution in [2.45, 2.75) is 182 Å². The zero-order chi connectivity index (χ0) is 45.7. The number of piperidine rings is 2. The van der Waals surface area contributed by atoms with Crippen LogP contribution in [-0.2, 0) is 20.3 Å². The first-order chi connectivity index (χ1) is 30.2. The first kappa shape index (κ1) is 45.3. The van der Waals surface area contributed by atoms with Crippen molar-refractivity contribution in [3.63, 3.8) is 0 Å². The number of methoxy groups -OCH3 is 2. The number of nitrogens with zero attached hydrogens (tertiary/aromatic N) is 2. The van der Waals surface area contributed by atoms with Crippen molar-refractivity contribution in [1.82, 2.24) is 9.80 Å². The van der Waals surface area contributed by atoms with E-state index in [1.54, 1.807) is 0 Å². The molecule has 2 aromatic carbocycles. The molecule has 2 saturated heterocycles. The van der Waals surface area contributed by atoms with Gasteiger partial charge in [-0.1, -0.05) is 55.4 Å². The lowest BCUT2D eigenvalue weighted by molar-refractivity contribution is -0.153. The van der Waals surface area contributed by atoms with Crippen LogP contribution in [0.3, 0.4) is 0 Å². The topological polar surface area (TPSA) is 83.9 Å². The molecule has 64 heavy (non-hydrogen) atoms. The third-order valence-corrected chi connectivity index (χ3v) is 20.3. The zero-order valence-corrected chi connectivity index (χ0v) is 42.1. The van der Waals surface area contributed by atoms with Crippen LogP contribution in [0.2, 0.25) is 0 Å². The number of likely N-dealkylation sites (tertiary alicyclic amines) is 2. The maximum atomic E-state index is 12.8. The highest BCUT2D eigenvalue weighted by Crippen LogP contribution is 2.68. The molecule has 8 heteroatoms. The molecule has 6 fully saturated rings. The Morgan fingerprint density at radius 2 is 1.02 bits per heavy atom. The lowest BCUT2D eigenvalue weighted by Crippen LogP contribution is -2.67. The average Bonchev–Trinajstić information content (AvgIpc) is 4.18. The van der Waals surface area contributed by atoms with Gasteiger partial charge in [-0.2, -0.15) is 0 Å². The van der Waals surface area contributed by atoms with Crippen LogP contribution in [-0.4, -0.2) is 96.9 Å². The Balaban J connectivity index is 1.08. The van der Waals surface area contributed by atoms with Gasteiger partial charge < -0.3 is 39.0 Å². The number of benzene rings is 2. The second kappa shape index (κ2) is 15.5. The third-order valence-electron chi connectivity index (χ3n) is 20.3. The van der Waals surface area contributed by atoms with E-state index >= 15 is 0 Å². The molecule has 4 aliphatic heterocycles. The molecule has 4 heterocycles.